The van der Waals surface area contributed by atoms with Crippen molar-refractivity contribution in [3.05, 3.63) is 69.2 Å². The van der Waals surface area contributed by atoms with Crippen LogP contribution in [0.1, 0.15) is 11.1 Å². The molecule has 0 spiro atoms. The summed E-state index contributed by atoms with van der Waals surface area (Å²) in [5.41, 5.74) is 2.46. The molecule has 0 saturated heterocycles. The van der Waals surface area contributed by atoms with E-state index in [0.717, 1.165) is 15.6 Å². The Hall–Kier alpha value is -2.11. The van der Waals surface area contributed by atoms with Crippen LogP contribution in [0.5, 0.6) is 0 Å². The highest BCUT2D eigenvalue weighted by atomic mass is 79.9. The number of aryl methyl sites for hydroxylation is 1. The van der Waals surface area contributed by atoms with Crippen molar-refractivity contribution in [2.75, 3.05) is 11.9 Å². The van der Waals surface area contributed by atoms with E-state index in [4.69, 9.17) is 16.3 Å². The van der Waals surface area contributed by atoms with Gasteiger partial charge in [-0.2, -0.15) is 0 Å². The van der Waals surface area contributed by atoms with Crippen molar-refractivity contribution in [2.24, 2.45) is 0 Å². The molecule has 4 nitrogen and oxygen atoms in total. The van der Waals surface area contributed by atoms with E-state index in [9.17, 15) is 9.59 Å². The Kier molecular flexibility index (Phi) is 6.58. The van der Waals surface area contributed by atoms with Crippen LogP contribution in [-0.4, -0.2) is 18.5 Å². The van der Waals surface area contributed by atoms with Crippen molar-refractivity contribution in [2.45, 2.75) is 6.92 Å². The van der Waals surface area contributed by atoms with E-state index in [2.05, 4.69) is 21.2 Å². The standard InChI is InChI=1S/C18H15BrClNO3/c1-12-5-7-16(15(19)9-12)21-17(22)11-24-18(23)8-6-13-3-2-4-14(20)10-13/h2-10H,11H2,1H3,(H,21,22)/b8-6+. The number of anilines is 1. The van der Waals surface area contributed by atoms with Gasteiger partial charge in [0.05, 0.1) is 5.69 Å². The van der Waals surface area contributed by atoms with E-state index in [0.29, 0.717) is 10.7 Å². The number of esters is 1. The van der Waals surface area contributed by atoms with Crippen molar-refractivity contribution in [3.63, 3.8) is 0 Å². The quantitative estimate of drug-likeness (QED) is 0.581. The van der Waals surface area contributed by atoms with Gasteiger partial charge >= 0.3 is 5.97 Å². The third kappa shape index (κ3) is 5.83. The highest BCUT2D eigenvalue weighted by Gasteiger charge is 2.08. The van der Waals surface area contributed by atoms with Crippen LogP contribution < -0.4 is 5.32 Å². The summed E-state index contributed by atoms with van der Waals surface area (Å²) in [5.74, 6) is -1.02. The van der Waals surface area contributed by atoms with Crippen molar-refractivity contribution in [1.29, 1.82) is 0 Å². The van der Waals surface area contributed by atoms with Crippen LogP contribution in [-0.2, 0) is 14.3 Å². The minimum absolute atomic E-state index is 0.362. The molecule has 6 heteroatoms. The molecule has 124 valence electrons. The van der Waals surface area contributed by atoms with E-state index < -0.39 is 11.9 Å². The molecule has 0 aliphatic rings. The third-order valence-corrected chi connectivity index (χ3v) is 3.90. The maximum absolute atomic E-state index is 11.8. The second-order valence-electron chi connectivity index (χ2n) is 5.03. The SMILES string of the molecule is Cc1ccc(NC(=O)COC(=O)/C=C/c2cccc(Cl)c2)c(Br)c1. The molecule has 1 amide bonds. The molecule has 0 fully saturated rings. The molecule has 0 aliphatic carbocycles. The van der Waals surface area contributed by atoms with Gasteiger partial charge in [-0.15, -0.1) is 0 Å². The molecule has 2 aromatic rings. The van der Waals surface area contributed by atoms with Crippen LogP contribution in [0.4, 0.5) is 5.69 Å². The van der Waals surface area contributed by atoms with Gasteiger partial charge in [0, 0.05) is 15.6 Å². The fourth-order valence-electron chi connectivity index (χ4n) is 1.87. The molecule has 0 aromatic heterocycles. The summed E-state index contributed by atoms with van der Waals surface area (Å²) in [5, 5.41) is 3.25. The molecule has 0 saturated carbocycles. The first-order chi connectivity index (χ1) is 11.4. The maximum atomic E-state index is 11.8. The first-order valence-corrected chi connectivity index (χ1v) is 8.27. The molecule has 0 unspecified atom stereocenters. The largest absolute Gasteiger partial charge is 0.452 e. The van der Waals surface area contributed by atoms with Gasteiger partial charge in [-0.05, 0) is 64.3 Å². The average molecular weight is 409 g/mol. The summed E-state index contributed by atoms with van der Waals surface area (Å²) < 4.78 is 5.67. The Morgan fingerprint density at radius 3 is 2.75 bits per heavy atom. The predicted octanol–water partition coefficient (Wildman–Crippen LogP) is 4.61. The molecular weight excluding hydrogens is 394 g/mol. The second kappa shape index (κ2) is 8.66. The normalized spacial score (nSPS) is 10.6. The Bertz CT molecular complexity index is 790. The Morgan fingerprint density at radius 2 is 2.04 bits per heavy atom. The molecule has 1 N–H and O–H groups in total. The smallest absolute Gasteiger partial charge is 0.331 e. The number of carbonyl (C=O) groups excluding carboxylic acids is 2. The maximum Gasteiger partial charge on any atom is 0.331 e. The summed E-state index contributed by atoms with van der Waals surface area (Å²) in [6.45, 7) is 1.59. The number of halogens is 2. The van der Waals surface area contributed by atoms with E-state index in [-0.39, 0.29) is 6.61 Å². The second-order valence-corrected chi connectivity index (χ2v) is 6.32. The first kappa shape index (κ1) is 18.2. The van der Waals surface area contributed by atoms with Gasteiger partial charge in [0.25, 0.3) is 5.91 Å². The predicted molar refractivity (Wildman–Crippen MR) is 99.0 cm³/mol. The third-order valence-electron chi connectivity index (χ3n) is 3.00. The number of benzene rings is 2. The van der Waals surface area contributed by atoms with Gasteiger partial charge < -0.3 is 10.1 Å². The summed E-state index contributed by atoms with van der Waals surface area (Å²) in [6, 6.07) is 12.6. The van der Waals surface area contributed by atoms with Crippen molar-refractivity contribution in [3.8, 4) is 0 Å². The first-order valence-electron chi connectivity index (χ1n) is 7.10. The Labute approximate surface area is 153 Å². The van der Waals surface area contributed by atoms with E-state index >= 15 is 0 Å². The number of hydrogen-bond donors (Lipinski definition) is 1. The van der Waals surface area contributed by atoms with Crippen LogP contribution in [0, 0.1) is 6.92 Å². The molecule has 24 heavy (non-hydrogen) atoms. The van der Waals surface area contributed by atoms with Crippen molar-refractivity contribution in [1.82, 2.24) is 0 Å². The van der Waals surface area contributed by atoms with Crippen molar-refractivity contribution >= 4 is 51.2 Å². The summed E-state index contributed by atoms with van der Waals surface area (Å²) in [4.78, 5) is 23.5. The lowest BCUT2D eigenvalue weighted by atomic mass is 10.2. The number of rotatable bonds is 5. The van der Waals surface area contributed by atoms with E-state index in [1.54, 1.807) is 36.4 Å². The fourth-order valence-corrected chi connectivity index (χ4v) is 2.66. The van der Waals surface area contributed by atoms with Crippen LogP contribution in [0.3, 0.4) is 0 Å². The zero-order chi connectivity index (χ0) is 17.5. The number of nitrogens with one attached hydrogen (secondary N) is 1. The van der Waals surface area contributed by atoms with Gasteiger partial charge in [-0.1, -0.05) is 29.8 Å². The monoisotopic (exact) mass is 407 g/mol. The fraction of sp³-hybridized carbons (Fsp3) is 0.111. The minimum atomic E-state index is -0.604. The van der Waals surface area contributed by atoms with Gasteiger partial charge in [0.2, 0.25) is 0 Å². The number of carbonyl (C=O) groups is 2. The zero-order valence-corrected chi connectivity index (χ0v) is 15.2. The molecule has 0 atom stereocenters. The highest BCUT2D eigenvalue weighted by molar-refractivity contribution is 9.10. The average Bonchev–Trinajstić information content (AvgIpc) is 2.54. The van der Waals surface area contributed by atoms with Crippen LogP contribution >= 0.6 is 27.5 Å². The van der Waals surface area contributed by atoms with Gasteiger partial charge in [-0.25, -0.2) is 4.79 Å². The molecule has 2 rings (SSSR count). The lowest BCUT2D eigenvalue weighted by molar-refractivity contribution is -0.142. The number of amides is 1. The van der Waals surface area contributed by atoms with Gasteiger partial charge in [-0.3, -0.25) is 4.79 Å². The van der Waals surface area contributed by atoms with Gasteiger partial charge in [0.15, 0.2) is 6.61 Å². The molecule has 0 radical (unpaired) electrons. The zero-order valence-electron chi connectivity index (χ0n) is 12.9. The van der Waals surface area contributed by atoms with Gasteiger partial charge in [0.1, 0.15) is 0 Å². The molecule has 0 aliphatic heterocycles. The molecular formula is C18H15BrClNO3. The molecule has 0 heterocycles. The van der Waals surface area contributed by atoms with Crippen LogP contribution in [0.25, 0.3) is 6.08 Å². The Balaban J connectivity index is 1.83. The lowest BCUT2D eigenvalue weighted by Crippen LogP contribution is -2.20. The lowest BCUT2D eigenvalue weighted by Gasteiger charge is -2.08. The van der Waals surface area contributed by atoms with E-state index in [1.807, 2.05) is 19.1 Å². The molecule has 2 aromatic carbocycles. The minimum Gasteiger partial charge on any atom is -0.452 e. The summed E-state index contributed by atoms with van der Waals surface area (Å²) >= 11 is 9.22. The van der Waals surface area contributed by atoms with Crippen molar-refractivity contribution < 1.29 is 14.3 Å². The van der Waals surface area contributed by atoms with E-state index in [1.165, 1.54) is 6.08 Å². The number of ether oxygens (including phenoxy) is 1. The topological polar surface area (TPSA) is 55.4 Å². The van der Waals surface area contributed by atoms with Crippen LogP contribution in [0.15, 0.2) is 53.0 Å². The summed E-state index contributed by atoms with van der Waals surface area (Å²) in [7, 11) is 0. The Morgan fingerprint density at radius 1 is 1.25 bits per heavy atom. The molecule has 0 bridgehead atoms. The van der Waals surface area contributed by atoms with Crippen LogP contribution in [0.2, 0.25) is 5.02 Å². The number of hydrogen-bond acceptors (Lipinski definition) is 3. The summed E-state index contributed by atoms with van der Waals surface area (Å²) in [6.07, 6.45) is 2.82. The highest BCUT2D eigenvalue weighted by Crippen LogP contribution is 2.23.